The van der Waals surface area contributed by atoms with Crippen LogP contribution in [0.2, 0.25) is 5.02 Å². The number of amides is 1. The second-order valence-corrected chi connectivity index (χ2v) is 6.11. The highest BCUT2D eigenvalue weighted by Crippen LogP contribution is 2.20. The van der Waals surface area contributed by atoms with Gasteiger partial charge in [-0.1, -0.05) is 22.2 Å². The zero-order chi connectivity index (χ0) is 15.5. The fraction of sp³-hybridized carbons (Fsp3) is 0.357. The molecule has 0 spiro atoms. The summed E-state index contributed by atoms with van der Waals surface area (Å²) in [5.41, 5.74) is 1.30. The van der Waals surface area contributed by atoms with Gasteiger partial charge in [0.25, 0.3) is 5.91 Å². The minimum absolute atomic E-state index is 0.0757. The van der Waals surface area contributed by atoms with Crippen LogP contribution in [-0.4, -0.2) is 51.5 Å². The molecular formula is C14H14ClFN4OS. The van der Waals surface area contributed by atoms with E-state index in [2.05, 4.69) is 14.5 Å². The molecule has 1 aliphatic rings. The summed E-state index contributed by atoms with van der Waals surface area (Å²) in [5, 5.41) is 5.91. The molecule has 8 heteroatoms. The van der Waals surface area contributed by atoms with E-state index in [9.17, 15) is 9.18 Å². The molecule has 0 aliphatic carbocycles. The number of hydrogen-bond donors (Lipinski definition) is 0. The molecule has 0 N–H and O–H groups in total. The Morgan fingerprint density at radius 1 is 1.32 bits per heavy atom. The number of benzene rings is 1. The molecule has 0 radical (unpaired) electrons. The van der Waals surface area contributed by atoms with Crippen LogP contribution < -0.4 is 0 Å². The lowest BCUT2D eigenvalue weighted by molar-refractivity contribution is 0.0622. The van der Waals surface area contributed by atoms with Gasteiger partial charge in [0, 0.05) is 43.1 Å². The van der Waals surface area contributed by atoms with Crippen LogP contribution in [0.25, 0.3) is 0 Å². The number of carbonyl (C=O) groups excluding carboxylic acids is 1. The highest BCUT2D eigenvalue weighted by molar-refractivity contribution is 7.03. The Balaban J connectivity index is 1.56. The minimum Gasteiger partial charge on any atom is -0.335 e. The summed E-state index contributed by atoms with van der Waals surface area (Å²) < 4.78 is 16.8. The number of piperazine rings is 1. The van der Waals surface area contributed by atoms with Crippen LogP contribution in [0.5, 0.6) is 0 Å². The Morgan fingerprint density at radius 2 is 2.09 bits per heavy atom. The Bertz CT molecular complexity index is 659. The fourth-order valence-corrected chi connectivity index (χ4v) is 3.08. The number of rotatable bonds is 3. The summed E-state index contributed by atoms with van der Waals surface area (Å²) in [6.45, 7) is 3.41. The van der Waals surface area contributed by atoms with E-state index in [-0.39, 0.29) is 11.7 Å². The highest BCUT2D eigenvalue weighted by atomic mass is 35.5. The third-order valence-corrected chi connectivity index (χ3v) is 4.50. The summed E-state index contributed by atoms with van der Waals surface area (Å²) in [4.78, 5) is 16.1. The smallest absolute Gasteiger partial charge is 0.275 e. The quantitative estimate of drug-likeness (QED) is 0.860. The summed E-state index contributed by atoms with van der Waals surface area (Å²) in [6, 6.07) is 4.44. The number of halogens is 2. The van der Waals surface area contributed by atoms with Gasteiger partial charge in [0.15, 0.2) is 5.69 Å². The summed E-state index contributed by atoms with van der Waals surface area (Å²) in [7, 11) is 0. The Hall–Kier alpha value is -1.57. The normalized spacial score (nSPS) is 16.0. The van der Waals surface area contributed by atoms with Crippen LogP contribution in [0.1, 0.15) is 16.1 Å². The van der Waals surface area contributed by atoms with Gasteiger partial charge in [-0.05, 0) is 29.2 Å². The van der Waals surface area contributed by atoms with E-state index in [1.807, 2.05) is 0 Å². The van der Waals surface area contributed by atoms with Crippen molar-refractivity contribution in [3.8, 4) is 0 Å². The molecule has 2 heterocycles. The molecule has 1 amide bonds. The molecule has 2 aromatic rings. The highest BCUT2D eigenvalue weighted by Gasteiger charge is 2.23. The maximum atomic E-state index is 13.0. The molecule has 0 bridgehead atoms. The summed E-state index contributed by atoms with van der Waals surface area (Å²) >= 11 is 7.22. The van der Waals surface area contributed by atoms with E-state index in [1.165, 1.54) is 23.7 Å². The van der Waals surface area contributed by atoms with E-state index in [1.54, 1.807) is 16.3 Å². The zero-order valence-corrected chi connectivity index (χ0v) is 13.3. The van der Waals surface area contributed by atoms with Gasteiger partial charge >= 0.3 is 0 Å². The van der Waals surface area contributed by atoms with Gasteiger partial charge in [-0.2, -0.15) is 0 Å². The number of nitrogens with zero attached hydrogens (tertiary/aromatic N) is 4. The second-order valence-electron chi connectivity index (χ2n) is 5.09. The van der Waals surface area contributed by atoms with Crippen LogP contribution in [-0.2, 0) is 6.54 Å². The molecule has 0 atom stereocenters. The molecule has 22 heavy (non-hydrogen) atoms. The van der Waals surface area contributed by atoms with Crippen molar-refractivity contribution in [1.82, 2.24) is 19.4 Å². The first-order valence-electron chi connectivity index (χ1n) is 6.86. The van der Waals surface area contributed by atoms with E-state index in [0.717, 1.165) is 18.7 Å². The molecule has 0 unspecified atom stereocenters. The largest absolute Gasteiger partial charge is 0.335 e. The standard InChI is InChI=1S/C14H14ClFN4OS/c15-12-7-11(16)2-1-10(12)8-19-3-5-20(6-4-19)14(21)13-9-22-18-17-13/h1-2,7,9H,3-6,8H2. The number of aromatic nitrogens is 2. The monoisotopic (exact) mass is 340 g/mol. The lowest BCUT2D eigenvalue weighted by Crippen LogP contribution is -2.48. The van der Waals surface area contributed by atoms with Crippen molar-refractivity contribution in [2.24, 2.45) is 0 Å². The SMILES string of the molecule is O=C(c1csnn1)N1CCN(Cc2ccc(F)cc2Cl)CC1. The van der Waals surface area contributed by atoms with Crippen molar-refractivity contribution in [2.75, 3.05) is 26.2 Å². The van der Waals surface area contributed by atoms with Crippen LogP contribution in [0, 0.1) is 5.82 Å². The molecule has 1 saturated heterocycles. The molecule has 1 fully saturated rings. The van der Waals surface area contributed by atoms with Crippen molar-refractivity contribution in [3.63, 3.8) is 0 Å². The minimum atomic E-state index is -0.332. The van der Waals surface area contributed by atoms with Crippen molar-refractivity contribution in [3.05, 3.63) is 45.7 Å². The van der Waals surface area contributed by atoms with E-state index in [4.69, 9.17) is 11.6 Å². The van der Waals surface area contributed by atoms with Crippen molar-refractivity contribution < 1.29 is 9.18 Å². The summed E-state index contributed by atoms with van der Waals surface area (Å²) in [5.74, 6) is -0.408. The molecule has 5 nitrogen and oxygen atoms in total. The van der Waals surface area contributed by atoms with E-state index >= 15 is 0 Å². The predicted octanol–water partition coefficient (Wildman–Crippen LogP) is 2.29. The second kappa shape index (κ2) is 6.68. The molecule has 3 rings (SSSR count). The van der Waals surface area contributed by atoms with Crippen LogP contribution >= 0.6 is 23.1 Å². The fourth-order valence-electron chi connectivity index (χ4n) is 2.42. The van der Waals surface area contributed by atoms with Gasteiger partial charge in [-0.25, -0.2) is 4.39 Å². The van der Waals surface area contributed by atoms with E-state index < -0.39 is 0 Å². The Kier molecular flexibility index (Phi) is 4.66. The van der Waals surface area contributed by atoms with Gasteiger partial charge in [0.05, 0.1) is 0 Å². The molecule has 0 saturated carbocycles. The van der Waals surface area contributed by atoms with Crippen molar-refractivity contribution in [2.45, 2.75) is 6.54 Å². The van der Waals surface area contributed by atoms with Crippen LogP contribution in [0.4, 0.5) is 4.39 Å². The third-order valence-electron chi connectivity index (χ3n) is 3.65. The predicted molar refractivity (Wildman–Crippen MR) is 82.5 cm³/mol. The molecule has 1 aliphatic heterocycles. The lowest BCUT2D eigenvalue weighted by atomic mass is 10.2. The van der Waals surface area contributed by atoms with Crippen LogP contribution in [0.3, 0.4) is 0 Å². The van der Waals surface area contributed by atoms with Gasteiger partial charge in [0.1, 0.15) is 5.82 Å². The van der Waals surface area contributed by atoms with Crippen molar-refractivity contribution >= 4 is 29.0 Å². The van der Waals surface area contributed by atoms with Gasteiger partial charge in [-0.15, -0.1) is 5.10 Å². The zero-order valence-electron chi connectivity index (χ0n) is 11.7. The molecule has 116 valence electrons. The van der Waals surface area contributed by atoms with E-state index in [0.29, 0.717) is 30.4 Å². The Labute approximate surface area is 136 Å². The van der Waals surface area contributed by atoms with Crippen LogP contribution in [0.15, 0.2) is 23.6 Å². The molecular weight excluding hydrogens is 327 g/mol. The topological polar surface area (TPSA) is 49.3 Å². The molecule has 1 aromatic carbocycles. The first-order valence-corrected chi connectivity index (χ1v) is 8.07. The number of carbonyl (C=O) groups is 1. The van der Waals surface area contributed by atoms with Gasteiger partial charge in [0.2, 0.25) is 0 Å². The Morgan fingerprint density at radius 3 is 2.73 bits per heavy atom. The lowest BCUT2D eigenvalue weighted by Gasteiger charge is -2.34. The maximum absolute atomic E-state index is 13.0. The van der Waals surface area contributed by atoms with Crippen molar-refractivity contribution in [1.29, 1.82) is 0 Å². The number of hydrogen-bond acceptors (Lipinski definition) is 5. The average molecular weight is 341 g/mol. The maximum Gasteiger partial charge on any atom is 0.275 e. The summed E-state index contributed by atoms with van der Waals surface area (Å²) in [6.07, 6.45) is 0. The third kappa shape index (κ3) is 3.43. The van der Waals surface area contributed by atoms with Gasteiger partial charge < -0.3 is 4.90 Å². The molecule has 1 aromatic heterocycles. The van der Waals surface area contributed by atoms with Gasteiger partial charge in [-0.3, -0.25) is 9.69 Å². The first-order chi connectivity index (χ1) is 10.6. The first kappa shape index (κ1) is 15.3. The average Bonchev–Trinajstić information content (AvgIpc) is 3.04.